The van der Waals surface area contributed by atoms with Gasteiger partial charge in [0.05, 0.1) is 11.6 Å². The molecule has 1 aromatic heterocycles. The van der Waals surface area contributed by atoms with Gasteiger partial charge in [-0.25, -0.2) is 4.79 Å². The zero-order valence-electron chi connectivity index (χ0n) is 11.0. The molecule has 0 amide bonds. The van der Waals surface area contributed by atoms with Gasteiger partial charge < -0.3 is 0 Å². The van der Waals surface area contributed by atoms with Gasteiger partial charge in [-0.1, -0.05) is 30.1 Å². The number of ketones is 1. The number of aromatic nitrogens is 2. The van der Waals surface area contributed by atoms with Crippen molar-refractivity contribution in [1.82, 2.24) is 9.13 Å². The molecule has 0 saturated carbocycles. The molecule has 0 bridgehead atoms. The van der Waals surface area contributed by atoms with E-state index in [9.17, 15) is 9.59 Å². The van der Waals surface area contributed by atoms with Gasteiger partial charge in [-0.3, -0.25) is 13.9 Å². The van der Waals surface area contributed by atoms with Crippen molar-refractivity contribution in [3.63, 3.8) is 0 Å². The zero-order chi connectivity index (χ0) is 14.7. The Hall–Kier alpha value is -1.52. The van der Waals surface area contributed by atoms with Crippen LogP contribution in [0.25, 0.3) is 0 Å². The van der Waals surface area contributed by atoms with Crippen LogP contribution in [-0.2, 0) is 13.1 Å². The number of Topliss-reactive ketones (excluding diaryl/α,β-unsaturated/α-hetero) is 1. The van der Waals surface area contributed by atoms with Gasteiger partial charge in [0.15, 0.2) is 5.78 Å². The molecule has 6 heteroatoms. The minimum absolute atomic E-state index is 0.0309. The van der Waals surface area contributed by atoms with Crippen molar-refractivity contribution in [2.45, 2.75) is 26.4 Å². The van der Waals surface area contributed by atoms with Crippen LogP contribution in [0.5, 0.6) is 0 Å². The Morgan fingerprint density at radius 1 is 1.20 bits per heavy atom. The highest BCUT2D eigenvalue weighted by molar-refractivity contribution is 6.36. The van der Waals surface area contributed by atoms with Crippen LogP contribution < -0.4 is 5.69 Å². The molecule has 106 valence electrons. The van der Waals surface area contributed by atoms with E-state index in [1.807, 2.05) is 6.92 Å². The second kappa shape index (κ2) is 6.29. The Labute approximate surface area is 126 Å². The van der Waals surface area contributed by atoms with E-state index in [0.29, 0.717) is 22.2 Å². The third-order valence-electron chi connectivity index (χ3n) is 2.93. The van der Waals surface area contributed by atoms with E-state index in [2.05, 4.69) is 0 Å². The lowest BCUT2D eigenvalue weighted by Crippen LogP contribution is -2.26. The lowest BCUT2D eigenvalue weighted by Gasteiger charge is -2.04. The van der Waals surface area contributed by atoms with E-state index in [1.54, 1.807) is 29.1 Å². The summed E-state index contributed by atoms with van der Waals surface area (Å²) in [5, 5.41) is 0.765. The Morgan fingerprint density at radius 2 is 1.90 bits per heavy atom. The summed E-state index contributed by atoms with van der Waals surface area (Å²) in [5.74, 6) is -0.219. The van der Waals surface area contributed by atoms with Crippen molar-refractivity contribution in [1.29, 1.82) is 0 Å². The van der Waals surface area contributed by atoms with Crippen LogP contribution in [0.2, 0.25) is 10.0 Å². The van der Waals surface area contributed by atoms with Crippen molar-refractivity contribution in [3.05, 3.63) is 56.7 Å². The first-order valence-electron chi connectivity index (χ1n) is 6.26. The van der Waals surface area contributed by atoms with Crippen LogP contribution in [-0.4, -0.2) is 14.9 Å². The fourth-order valence-corrected chi connectivity index (χ4v) is 2.45. The molecule has 2 rings (SSSR count). The molecule has 0 aliphatic heterocycles. The average molecular weight is 313 g/mol. The van der Waals surface area contributed by atoms with E-state index in [-0.39, 0.29) is 18.0 Å². The monoisotopic (exact) mass is 312 g/mol. The number of benzene rings is 1. The summed E-state index contributed by atoms with van der Waals surface area (Å²) in [6.45, 7) is 2.60. The van der Waals surface area contributed by atoms with Crippen LogP contribution in [0, 0.1) is 0 Å². The quantitative estimate of drug-likeness (QED) is 0.795. The minimum atomic E-state index is -0.219. The smallest absolute Gasteiger partial charge is 0.299 e. The molecule has 0 unspecified atom stereocenters. The number of carbonyl (C=O) groups is 1. The highest BCUT2D eigenvalue weighted by Gasteiger charge is 2.13. The number of imidazole rings is 1. The summed E-state index contributed by atoms with van der Waals surface area (Å²) < 4.78 is 2.96. The normalized spacial score (nSPS) is 10.8. The third kappa shape index (κ3) is 3.14. The Kier molecular flexibility index (Phi) is 4.68. The Bertz CT molecular complexity index is 689. The predicted octanol–water partition coefficient (Wildman–Crippen LogP) is 3.25. The molecule has 1 heterocycles. The van der Waals surface area contributed by atoms with Crippen molar-refractivity contribution in [2.24, 2.45) is 0 Å². The van der Waals surface area contributed by atoms with Gasteiger partial charge in [0.25, 0.3) is 0 Å². The Balaban J connectivity index is 2.21. The molecule has 4 nitrogen and oxygen atoms in total. The van der Waals surface area contributed by atoms with Gasteiger partial charge in [-0.15, -0.1) is 0 Å². The number of hydrogen-bond acceptors (Lipinski definition) is 2. The van der Waals surface area contributed by atoms with E-state index >= 15 is 0 Å². The summed E-state index contributed by atoms with van der Waals surface area (Å²) in [4.78, 5) is 24.2. The molecule has 0 aliphatic rings. The first kappa shape index (κ1) is 14.9. The van der Waals surface area contributed by atoms with E-state index < -0.39 is 0 Å². The maximum atomic E-state index is 12.2. The van der Waals surface area contributed by atoms with Crippen LogP contribution in [0.3, 0.4) is 0 Å². The lowest BCUT2D eigenvalue weighted by molar-refractivity contribution is 0.0971. The second-order valence-electron chi connectivity index (χ2n) is 4.45. The summed E-state index contributed by atoms with van der Waals surface area (Å²) in [6.07, 6.45) is 4.16. The van der Waals surface area contributed by atoms with Gasteiger partial charge in [0.2, 0.25) is 0 Å². The molecule has 0 aliphatic carbocycles. The number of nitrogens with zero attached hydrogens (tertiary/aromatic N) is 2. The van der Waals surface area contributed by atoms with Gasteiger partial charge in [-0.2, -0.15) is 0 Å². The predicted molar refractivity (Wildman–Crippen MR) is 79.8 cm³/mol. The highest BCUT2D eigenvalue weighted by Crippen LogP contribution is 2.21. The first-order valence-corrected chi connectivity index (χ1v) is 7.02. The molecular weight excluding hydrogens is 299 g/mol. The number of halogens is 2. The topological polar surface area (TPSA) is 44.0 Å². The van der Waals surface area contributed by atoms with Crippen LogP contribution >= 0.6 is 23.2 Å². The summed E-state index contributed by atoms with van der Waals surface area (Å²) in [7, 11) is 0. The fourth-order valence-electron chi connectivity index (χ4n) is 1.94. The first-order chi connectivity index (χ1) is 9.52. The second-order valence-corrected chi connectivity index (χ2v) is 5.29. The molecular formula is C14H14Cl2N2O2. The number of carbonyl (C=O) groups excluding carboxylic acids is 1. The standard InChI is InChI=1S/C14H14Cl2N2O2/c1-2-5-17-6-7-18(14(17)20)9-13(19)11-4-3-10(15)8-12(11)16/h3-4,6-8H,2,5,9H2,1H3. The van der Waals surface area contributed by atoms with Gasteiger partial charge in [0, 0.05) is 29.5 Å². The van der Waals surface area contributed by atoms with Crippen molar-refractivity contribution < 1.29 is 4.79 Å². The van der Waals surface area contributed by atoms with Crippen LogP contribution in [0.1, 0.15) is 23.7 Å². The maximum Gasteiger partial charge on any atom is 0.328 e. The lowest BCUT2D eigenvalue weighted by atomic mass is 10.1. The molecule has 1 aromatic carbocycles. The molecule has 0 atom stereocenters. The highest BCUT2D eigenvalue weighted by atomic mass is 35.5. The number of hydrogen-bond donors (Lipinski definition) is 0. The molecule has 0 radical (unpaired) electrons. The van der Waals surface area contributed by atoms with Crippen LogP contribution in [0.15, 0.2) is 35.4 Å². The SMILES string of the molecule is CCCn1ccn(CC(=O)c2ccc(Cl)cc2Cl)c1=O. The van der Waals surface area contributed by atoms with Gasteiger partial charge >= 0.3 is 5.69 Å². The maximum absolute atomic E-state index is 12.2. The summed E-state index contributed by atoms with van der Waals surface area (Å²) in [6, 6.07) is 4.69. The van der Waals surface area contributed by atoms with E-state index in [1.165, 1.54) is 10.6 Å². The largest absolute Gasteiger partial charge is 0.328 e. The average Bonchev–Trinajstić information content (AvgIpc) is 2.72. The van der Waals surface area contributed by atoms with Crippen molar-refractivity contribution in [2.75, 3.05) is 0 Å². The molecule has 20 heavy (non-hydrogen) atoms. The zero-order valence-corrected chi connectivity index (χ0v) is 12.5. The fraction of sp³-hybridized carbons (Fsp3) is 0.286. The summed E-state index contributed by atoms with van der Waals surface area (Å²) in [5.41, 5.74) is 0.177. The van der Waals surface area contributed by atoms with Crippen molar-refractivity contribution in [3.8, 4) is 0 Å². The van der Waals surface area contributed by atoms with E-state index in [0.717, 1.165) is 6.42 Å². The van der Waals surface area contributed by atoms with E-state index in [4.69, 9.17) is 23.2 Å². The minimum Gasteiger partial charge on any atom is -0.299 e. The number of rotatable bonds is 5. The molecule has 2 aromatic rings. The molecule has 0 fully saturated rings. The third-order valence-corrected chi connectivity index (χ3v) is 3.48. The van der Waals surface area contributed by atoms with Crippen LogP contribution in [0.4, 0.5) is 0 Å². The molecule has 0 N–H and O–H groups in total. The van der Waals surface area contributed by atoms with Gasteiger partial charge in [0.1, 0.15) is 0 Å². The number of aryl methyl sites for hydroxylation is 1. The van der Waals surface area contributed by atoms with Crippen molar-refractivity contribution >= 4 is 29.0 Å². The molecule has 0 saturated heterocycles. The molecule has 0 spiro atoms. The summed E-state index contributed by atoms with van der Waals surface area (Å²) >= 11 is 11.8. The Morgan fingerprint density at radius 3 is 2.55 bits per heavy atom. The van der Waals surface area contributed by atoms with Gasteiger partial charge in [-0.05, 0) is 24.6 Å².